The summed E-state index contributed by atoms with van der Waals surface area (Å²) in [5, 5.41) is 68.7. The van der Waals surface area contributed by atoms with E-state index in [2.05, 4.69) is 0 Å². The van der Waals surface area contributed by atoms with Gasteiger partial charge >= 0.3 is 0 Å². The molecule has 0 aromatic rings. The molecule has 2 rings (SSSR count). The van der Waals surface area contributed by atoms with Gasteiger partial charge in [0.25, 0.3) is 0 Å². The average molecular weight is 324 g/mol. The second-order valence-corrected chi connectivity index (χ2v) is 6.10. The number of hydrogen-bond acceptors (Lipinski definition) is 9. The van der Waals surface area contributed by atoms with Crippen molar-refractivity contribution < 1.29 is 45.2 Å². The highest BCUT2D eigenvalue weighted by molar-refractivity contribution is 4.98. The monoisotopic (exact) mass is 324 g/mol. The fraction of sp³-hybridized carbons (Fsp3) is 1.00. The Kier molecular flexibility index (Phi) is 5.42. The third-order valence-corrected chi connectivity index (χ3v) is 4.55. The fourth-order valence-electron chi connectivity index (χ4n) is 2.85. The van der Waals surface area contributed by atoms with E-state index in [1.165, 1.54) is 13.8 Å². The van der Waals surface area contributed by atoms with E-state index in [-0.39, 0.29) is 0 Å². The van der Waals surface area contributed by atoms with Gasteiger partial charge in [0.1, 0.15) is 36.6 Å². The summed E-state index contributed by atoms with van der Waals surface area (Å²) in [5.41, 5.74) is 0. The van der Waals surface area contributed by atoms with Gasteiger partial charge in [0.15, 0.2) is 6.29 Å². The van der Waals surface area contributed by atoms with E-state index >= 15 is 0 Å². The van der Waals surface area contributed by atoms with Crippen molar-refractivity contribution in [3.05, 3.63) is 0 Å². The SMILES string of the molecule is CC1O[C@H](OC2C(O)[C@H](C)C(O)C(O)[C@@H]2O)C(O)C(O)[C@H]1O. The lowest BCUT2D eigenvalue weighted by Gasteiger charge is -2.46. The topological polar surface area (TPSA) is 160 Å². The van der Waals surface area contributed by atoms with Crippen LogP contribution >= 0.6 is 0 Å². The highest BCUT2D eigenvalue weighted by atomic mass is 16.7. The molecule has 9 nitrogen and oxygen atoms in total. The molecule has 0 bridgehead atoms. The molecule has 2 fully saturated rings. The van der Waals surface area contributed by atoms with Gasteiger partial charge in [-0.15, -0.1) is 0 Å². The Bertz CT molecular complexity index is 365. The Balaban J connectivity index is 2.11. The minimum atomic E-state index is -1.60. The molecular formula is C13H24O9. The number of ether oxygens (including phenoxy) is 2. The summed E-state index contributed by atoms with van der Waals surface area (Å²) in [5.74, 6) is -0.780. The van der Waals surface area contributed by atoms with Crippen molar-refractivity contribution >= 4 is 0 Å². The number of aliphatic hydroxyl groups is 7. The van der Waals surface area contributed by atoms with E-state index in [9.17, 15) is 35.7 Å². The van der Waals surface area contributed by atoms with E-state index in [0.717, 1.165) is 0 Å². The molecule has 0 amide bonds. The smallest absolute Gasteiger partial charge is 0.187 e. The summed E-state index contributed by atoms with van der Waals surface area (Å²) >= 11 is 0. The highest BCUT2D eigenvalue weighted by Gasteiger charge is 2.51. The quantitative estimate of drug-likeness (QED) is 0.271. The van der Waals surface area contributed by atoms with Crippen LogP contribution in [0.4, 0.5) is 0 Å². The van der Waals surface area contributed by atoms with E-state index in [1.54, 1.807) is 0 Å². The zero-order valence-electron chi connectivity index (χ0n) is 12.3. The third-order valence-electron chi connectivity index (χ3n) is 4.55. The first-order valence-electron chi connectivity index (χ1n) is 7.24. The van der Waals surface area contributed by atoms with Crippen molar-refractivity contribution in [1.29, 1.82) is 0 Å². The number of rotatable bonds is 2. The van der Waals surface area contributed by atoms with Crippen LogP contribution in [0.15, 0.2) is 0 Å². The van der Waals surface area contributed by atoms with Gasteiger partial charge in [0, 0.05) is 5.92 Å². The van der Waals surface area contributed by atoms with Gasteiger partial charge < -0.3 is 45.2 Å². The number of aliphatic hydroxyl groups excluding tert-OH is 7. The molecule has 11 atom stereocenters. The van der Waals surface area contributed by atoms with Crippen molar-refractivity contribution in [3.63, 3.8) is 0 Å². The normalized spacial score (nSPS) is 56.9. The van der Waals surface area contributed by atoms with Crippen LogP contribution in [-0.4, -0.2) is 97.0 Å². The van der Waals surface area contributed by atoms with Gasteiger partial charge in [-0.05, 0) is 6.92 Å². The van der Waals surface area contributed by atoms with Gasteiger partial charge in [-0.1, -0.05) is 6.92 Å². The van der Waals surface area contributed by atoms with Crippen molar-refractivity contribution in [1.82, 2.24) is 0 Å². The first kappa shape index (κ1) is 18.0. The average Bonchev–Trinajstić information content (AvgIpc) is 2.50. The zero-order chi connectivity index (χ0) is 16.8. The van der Waals surface area contributed by atoms with Crippen LogP contribution in [0.5, 0.6) is 0 Å². The van der Waals surface area contributed by atoms with Crippen LogP contribution in [0.1, 0.15) is 13.8 Å². The molecule has 130 valence electrons. The van der Waals surface area contributed by atoms with Crippen molar-refractivity contribution in [3.8, 4) is 0 Å². The van der Waals surface area contributed by atoms with Gasteiger partial charge in [-0.25, -0.2) is 0 Å². The first-order chi connectivity index (χ1) is 10.2. The number of hydrogen-bond donors (Lipinski definition) is 7. The first-order valence-corrected chi connectivity index (χ1v) is 7.24. The van der Waals surface area contributed by atoms with E-state index in [1.807, 2.05) is 0 Å². The maximum absolute atomic E-state index is 10.1. The summed E-state index contributed by atoms with van der Waals surface area (Å²) in [6.07, 6.45) is -13.8. The summed E-state index contributed by atoms with van der Waals surface area (Å²) in [4.78, 5) is 0. The molecule has 0 aromatic heterocycles. The van der Waals surface area contributed by atoms with Gasteiger partial charge in [-0.2, -0.15) is 0 Å². The Morgan fingerprint density at radius 1 is 0.636 bits per heavy atom. The molecular weight excluding hydrogens is 300 g/mol. The molecule has 7 N–H and O–H groups in total. The second kappa shape index (κ2) is 6.63. The van der Waals surface area contributed by atoms with Gasteiger partial charge in [0.05, 0.1) is 18.3 Å². The Morgan fingerprint density at radius 3 is 1.77 bits per heavy atom. The van der Waals surface area contributed by atoms with Crippen molar-refractivity contribution in [2.45, 2.75) is 75.1 Å². The molecule has 1 aliphatic heterocycles. The van der Waals surface area contributed by atoms with Crippen LogP contribution < -0.4 is 0 Å². The molecule has 0 spiro atoms. The molecule has 0 radical (unpaired) electrons. The molecule has 2 aliphatic rings. The summed E-state index contributed by atoms with van der Waals surface area (Å²) in [7, 11) is 0. The standard InChI is InChI=1S/C13H24O9/c1-3-5(14)8(17)10(19)12(6(3)15)22-13-11(20)9(18)7(16)4(2)21-13/h3-20H,1-2H3/t3-,4?,5?,6?,7+,8?,9?,10+,11?,12?,13-/m1/s1. The van der Waals surface area contributed by atoms with Gasteiger partial charge in [-0.3, -0.25) is 0 Å². The third kappa shape index (κ3) is 3.01. The van der Waals surface area contributed by atoms with Crippen molar-refractivity contribution in [2.75, 3.05) is 0 Å². The fourth-order valence-corrected chi connectivity index (χ4v) is 2.85. The highest BCUT2D eigenvalue weighted by Crippen LogP contribution is 2.31. The lowest BCUT2D eigenvalue weighted by atomic mass is 9.79. The minimum absolute atomic E-state index is 0.780. The van der Waals surface area contributed by atoms with Crippen LogP contribution in [0.3, 0.4) is 0 Å². The Morgan fingerprint density at radius 2 is 1.18 bits per heavy atom. The van der Waals surface area contributed by atoms with Crippen LogP contribution in [-0.2, 0) is 9.47 Å². The molecule has 7 unspecified atom stereocenters. The van der Waals surface area contributed by atoms with Crippen molar-refractivity contribution in [2.24, 2.45) is 5.92 Å². The molecule has 9 heteroatoms. The second-order valence-electron chi connectivity index (χ2n) is 6.10. The zero-order valence-corrected chi connectivity index (χ0v) is 12.3. The van der Waals surface area contributed by atoms with E-state index in [4.69, 9.17) is 9.47 Å². The molecule has 1 saturated heterocycles. The van der Waals surface area contributed by atoms with Crippen LogP contribution in [0.2, 0.25) is 0 Å². The molecule has 1 aliphatic carbocycles. The predicted octanol–water partition coefficient (Wildman–Crippen LogP) is -3.71. The van der Waals surface area contributed by atoms with Crippen LogP contribution in [0, 0.1) is 5.92 Å². The molecule has 0 aromatic carbocycles. The molecule has 22 heavy (non-hydrogen) atoms. The summed E-state index contributed by atoms with van der Waals surface area (Å²) < 4.78 is 10.6. The summed E-state index contributed by atoms with van der Waals surface area (Å²) in [6, 6.07) is 0. The van der Waals surface area contributed by atoms with Crippen LogP contribution in [0.25, 0.3) is 0 Å². The minimum Gasteiger partial charge on any atom is -0.390 e. The summed E-state index contributed by atoms with van der Waals surface area (Å²) in [6.45, 7) is 2.94. The van der Waals surface area contributed by atoms with E-state index in [0.29, 0.717) is 0 Å². The Labute approximate surface area is 127 Å². The van der Waals surface area contributed by atoms with Gasteiger partial charge in [0.2, 0.25) is 0 Å². The van der Waals surface area contributed by atoms with E-state index < -0.39 is 67.1 Å². The lowest BCUT2D eigenvalue weighted by Crippen LogP contribution is -2.64. The maximum Gasteiger partial charge on any atom is 0.187 e. The Hall–Kier alpha value is -0.360. The maximum atomic E-state index is 10.1. The molecule has 1 saturated carbocycles. The predicted molar refractivity (Wildman–Crippen MR) is 70.4 cm³/mol. The largest absolute Gasteiger partial charge is 0.390 e. The lowest BCUT2D eigenvalue weighted by molar-refractivity contribution is -0.331. The molecule has 1 heterocycles.